The number of hydrogen-bond acceptors (Lipinski definition) is 3. The molecular weight excluding hydrogens is 292 g/mol. The third kappa shape index (κ3) is 5.73. The van der Waals surface area contributed by atoms with E-state index in [0.29, 0.717) is 6.42 Å². The molecule has 0 saturated heterocycles. The van der Waals surface area contributed by atoms with Gasteiger partial charge in [-0.25, -0.2) is 0 Å². The van der Waals surface area contributed by atoms with Crippen LogP contribution in [-0.2, 0) is 4.79 Å². The summed E-state index contributed by atoms with van der Waals surface area (Å²) in [6.07, 6.45) is 5.75. The third-order valence-corrected chi connectivity index (χ3v) is 4.60. The highest BCUT2D eigenvalue weighted by atomic mass is 35.5. The van der Waals surface area contributed by atoms with Crippen LogP contribution in [0.15, 0.2) is 29.2 Å². The molecule has 20 heavy (non-hydrogen) atoms. The summed E-state index contributed by atoms with van der Waals surface area (Å²) in [6, 6.07) is 8.01. The molecular formula is C15H23ClN2OS. The van der Waals surface area contributed by atoms with E-state index in [0.717, 1.165) is 10.9 Å². The van der Waals surface area contributed by atoms with Crippen LogP contribution in [0.2, 0.25) is 0 Å². The number of hydrogen-bond donors (Lipinski definition) is 2. The van der Waals surface area contributed by atoms with Gasteiger partial charge in [0.15, 0.2) is 0 Å². The van der Waals surface area contributed by atoms with Crippen molar-refractivity contribution >= 4 is 35.8 Å². The lowest BCUT2D eigenvalue weighted by Crippen LogP contribution is -2.23. The van der Waals surface area contributed by atoms with Crippen LogP contribution < -0.4 is 11.1 Å². The fourth-order valence-electron chi connectivity index (χ4n) is 2.32. The van der Waals surface area contributed by atoms with Crippen molar-refractivity contribution in [2.45, 2.75) is 55.2 Å². The van der Waals surface area contributed by atoms with Gasteiger partial charge < -0.3 is 11.1 Å². The minimum Gasteiger partial charge on any atom is -0.327 e. The molecule has 1 fully saturated rings. The van der Waals surface area contributed by atoms with Crippen molar-refractivity contribution in [3.63, 3.8) is 0 Å². The maximum atomic E-state index is 11.6. The zero-order valence-corrected chi connectivity index (χ0v) is 13.4. The Bertz CT molecular complexity index is 416. The van der Waals surface area contributed by atoms with Gasteiger partial charge in [0.25, 0.3) is 0 Å². The number of amides is 1. The van der Waals surface area contributed by atoms with Crippen LogP contribution >= 0.6 is 24.2 Å². The Balaban J connectivity index is 0.00000200. The SMILES string of the molecule is CC(N)CC(=O)Nc1ccc(SC2CCCC2)cc1.Cl. The van der Waals surface area contributed by atoms with Gasteiger partial charge in [0.1, 0.15) is 0 Å². The number of carbonyl (C=O) groups excluding carboxylic acids is 1. The molecule has 112 valence electrons. The van der Waals surface area contributed by atoms with Gasteiger partial charge >= 0.3 is 0 Å². The number of nitrogens with one attached hydrogen (secondary N) is 1. The number of carbonyl (C=O) groups is 1. The van der Waals surface area contributed by atoms with Crippen molar-refractivity contribution in [1.82, 2.24) is 0 Å². The Kier molecular flexibility index (Phi) is 7.41. The zero-order chi connectivity index (χ0) is 13.7. The quantitative estimate of drug-likeness (QED) is 0.868. The van der Waals surface area contributed by atoms with Crippen LogP contribution in [0.5, 0.6) is 0 Å². The molecule has 0 radical (unpaired) electrons. The normalized spacial score (nSPS) is 16.5. The number of thioether (sulfide) groups is 1. The summed E-state index contributed by atoms with van der Waals surface area (Å²) in [5, 5.41) is 3.64. The summed E-state index contributed by atoms with van der Waals surface area (Å²) >= 11 is 1.96. The second-order valence-corrected chi connectivity index (χ2v) is 6.65. The molecule has 1 aliphatic rings. The molecule has 3 nitrogen and oxygen atoms in total. The molecule has 0 aliphatic heterocycles. The van der Waals surface area contributed by atoms with Crippen LogP contribution in [0.1, 0.15) is 39.0 Å². The second-order valence-electron chi connectivity index (χ2n) is 5.28. The van der Waals surface area contributed by atoms with Gasteiger partial charge in [-0.2, -0.15) is 0 Å². The molecule has 0 bridgehead atoms. The highest BCUT2D eigenvalue weighted by Crippen LogP contribution is 2.34. The van der Waals surface area contributed by atoms with E-state index in [4.69, 9.17) is 5.73 Å². The van der Waals surface area contributed by atoms with E-state index < -0.39 is 0 Å². The summed E-state index contributed by atoms with van der Waals surface area (Å²) in [5.41, 5.74) is 6.45. The Morgan fingerprint density at radius 1 is 1.35 bits per heavy atom. The summed E-state index contributed by atoms with van der Waals surface area (Å²) in [6.45, 7) is 1.83. The third-order valence-electron chi connectivity index (χ3n) is 3.25. The van der Waals surface area contributed by atoms with E-state index in [1.54, 1.807) is 0 Å². The fourth-order valence-corrected chi connectivity index (χ4v) is 3.57. The predicted molar refractivity (Wildman–Crippen MR) is 88.7 cm³/mol. The van der Waals surface area contributed by atoms with Gasteiger partial charge in [0.2, 0.25) is 5.91 Å². The van der Waals surface area contributed by atoms with Crippen molar-refractivity contribution in [3.05, 3.63) is 24.3 Å². The maximum absolute atomic E-state index is 11.6. The highest BCUT2D eigenvalue weighted by molar-refractivity contribution is 8.00. The number of nitrogens with two attached hydrogens (primary N) is 1. The maximum Gasteiger partial charge on any atom is 0.225 e. The number of anilines is 1. The monoisotopic (exact) mass is 314 g/mol. The molecule has 1 aliphatic carbocycles. The second kappa shape index (κ2) is 8.55. The van der Waals surface area contributed by atoms with Gasteiger partial charge in [0, 0.05) is 28.3 Å². The van der Waals surface area contributed by atoms with E-state index >= 15 is 0 Å². The number of rotatable bonds is 5. The molecule has 1 unspecified atom stereocenters. The van der Waals surface area contributed by atoms with E-state index in [9.17, 15) is 4.79 Å². The first-order valence-electron chi connectivity index (χ1n) is 6.95. The zero-order valence-electron chi connectivity index (χ0n) is 11.8. The minimum atomic E-state index is -0.0998. The summed E-state index contributed by atoms with van der Waals surface area (Å²) in [7, 11) is 0. The summed E-state index contributed by atoms with van der Waals surface area (Å²) in [4.78, 5) is 12.9. The van der Waals surface area contributed by atoms with E-state index in [2.05, 4.69) is 17.4 Å². The minimum absolute atomic E-state index is 0. The van der Waals surface area contributed by atoms with Crippen LogP contribution in [0.4, 0.5) is 5.69 Å². The fraction of sp³-hybridized carbons (Fsp3) is 0.533. The van der Waals surface area contributed by atoms with E-state index in [1.165, 1.54) is 30.6 Å². The molecule has 0 aromatic heterocycles. The predicted octanol–water partition coefficient (Wildman–Crippen LogP) is 3.82. The molecule has 1 atom stereocenters. The summed E-state index contributed by atoms with van der Waals surface area (Å²) in [5.74, 6) is -0.0220. The molecule has 3 N–H and O–H groups in total. The van der Waals surface area contributed by atoms with Gasteiger partial charge in [-0.1, -0.05) is 12.8 Å². The van der Waals surface area contributed by atoms with E-state index in [1.807, 2.05) is 30.8 Å². The molecule has 1 aromatic carbocycles. The topological polar surface area (TPSA) is 55.1 Å². The first-order chi connectivity index (χ1) is 9.13. The van der Waals surface area contributed by atoms with Crippen molar-refractivity contribution in [1.29, 1.82) is 0 Å². The van der Waals surface area contributed by atoms with Crippen molar-refractivity contribution < 1.29 is 4.79 Å². The molecule has 0 heterocycles. The Morgan fingerprint density at radius 2 is 1.95 bits per heavy atom. The van der Waals surface area contributed by atoms with Gasteiger partial charge in [-0.15, -0.1) is 24.2 Å². The van der Waals surface area contributed by atoms with Gasteiger partial charge in [0.05, 0.1) is 0 Å². The van der Waals surface area contributed by atoms with Crippen molar-refractivity contribution in [2.75, 3.05) is 5.32 Å². The highest BCUT2D eigenvalue weighted by Gasteiger charge is 2.15. The van der Waals surface area contributed by atoms with Crippen LogP contribution in [0, 0.1) is 0 Å². The first-order valence-corrected chi connectivity index (χ1v) is 7.83. The van der Waals surface area contributed by atoms with Crippen LogP contribution in [-0.4, -0.2) is 17.2 Å². The van der Waals surface area contributed by atoms with Crippen molar-refractivity contribution in [3.8, 4) is 0 Å². The average molecular weight is 315 g/mol. The van der Waals surface area contributed by atoms with Crippen LogP contribution in [0.25, 0.3) is 0 Å². The Labute approximate surface area is 131 Å². The Hall–Kier alpha value is -0.710. The standard InChI is InChI=1S/C15H22N2OS.ClH/c1-11(16)10-15(18)17-12-6-8-14(9-7-12)19-13-4-2-3-5-13;/h6-9,11,13H,2-5,10,16H2,1H3,(H,17,18);1H. The largest absolute Gasteiger partial charge is 0.327 e. The van der Waals surface area contributed by atoms with E-state index in [-0.39, 0.29) is 24.4 Å². The molecule has 5 heteroatoms. The Morgan fingerprint density at radius 3 is 2.50 bits per heavy atom. The molecule has 1 saturated carbocycles. The molecule has 0 spiro atoms. The average Bonchev–Trinajstić information content (AvgIpc) is 2.83. The van der Waals surface area contributed by atoms with Gasteiger partial charge in [-0.3, -0.25) is 4.79 Å². The molecule has 1 aromatic rings. The lowest BCUT2D eigenvalue weighted by molar-refractivity contribution is -0.116. The first kappa shape index (κ1) is 17.3. The van der Waals surface area contributed by atoms with Crippen LogP contribution in [0.3, 0.4) is 0 Å². The summed E-state index contributed by atoms with van der Waals surface area (Å²) < 4.78 is 0. The lowest BCUT2D eigenvalue weighted by atomic mass is 10.2. The smallest absolute Gasteiger partial charge is 0.225 e. The van der Waals surface area contributed by atoms with Crippen molar-refractivity contribution in [2.24, 2.45) is 5.73 Å². The van der Waals surface area contributed by atoms with Gasteiger partial charge in [-0.05, 0) is 44.0 Å². The number of benzene rings is 1. The molecule has 1 amide bonds. The number of halogens is 1. The lowest BCUT2D eigenvalue weighted by Gasteiger charge is -2.10. The molecule has 2 rings (SSSR count).